The van der Waals surface area contributed by atoms with Crippen molar-refractivity contribution < 1.29 is 4.79 Å². The van der Waals surface area contributed by atoms with Crippen molar-refractivity contribution in [2.75, 3.05) is 0 Å². The van der Waals surface area contributed by atoms with Crippen LogP contribution in [0.25, 0.3) is 6.08 Å². The van der Waals surface area contributed by atoms with Gasteiger partial charge < -0.3 is 5.32 Å². The lowest BCUT2D eigenvalue weighted by molar-refractivity contribution is -0.117. The number of halogens is 1. The van der Waals surface area contributed by atoms with Crippen LogP contribution in [0, 0.1) is 13.8 Å². The minimum atomic E-state index is -0.132. The molecule has 2 aromatic carbocycles. The maximum Gasteiger partial charge on any atom is 0.244 e. The minimum Gasteiger partial charge on any atom is -0.346 e. The second-order valence-electron chi connectivity index (χ2n) is 5.45. The summed E-state index contributed by atoms with van der Waals surface area (Å²) in [7, 11) is 0. The molecule has 0 aromatic heterocycles. The van der Waals surface area contributed by atoms with Crippen LogP contribution in [0.5, 0.6) is 0 Å². The van der Waals surface area contributed by atoms with E-state index in [0.29, 0.717) is 5.02 Å². The normalized spacial score (nSPS) is 12.4. The zero-order valence-corrected chi connectivity index (χ0v) is 13.8. The molecule has 0 spiro atoms. The molecule has 0 aliphatic carbocycles. The van der Waals surface area contributed by atoms with Gasteiger partial charge in [0.2, 0.25) is 5.91 Å². The highest BCUT2D eigenvalue weighted by Crippen LogP contribution is 2.19. The summed E-state index contributed by atoms with van der Waals surface area (Å²) >= 11 is 6.06. The number of hydrogen-bond acceptors (Lipinski definition) is 1. The summed E-state index contributed by atoms with van der Waals surface area (Å²) in [5.74, 6) is -0.132. The molecule has 0 radical (unpaired) electrons. The van der Waals surface area contributed by atoms with E-state index in [2.05, 4.69) is 37.4 Å². The number of benzene rings is 2. The monoisotopic (exact) mass is 313 g/mol. The van der Waals surface area contributed by atoms with Gasteiger partial charge in [-0.05, 0) is 49.6 Å². The lowest BCUT2D eigenvalue weighted by Crippen LogP contribution is -2.25. The van der Waals surface area contributed by atoms with E-state index < -0.39 is 0 Å². The lowest BCUT2D eigenvalue weighted by Gasteiger charge is -2.16. The molecule has 0 saturated heterocycles. The van der Waals surface area contributed by atoms with Crippen LogP contribution in [-0.2, 0) is 4.79 Å². The fourth-order valence-electron chi connectivity index (χ4n) is 2.43. The van der Waals surface area contributed by atoms with Crippen molar-refractivity contribution >= 4 is 23.6 Å². The van der Waals surface area contributed by atoms with E-state index in [9.17, 15) is 4.79 Å². The molecule has 1 amide bonds. The molecule has 22 heavy (non-hydrogen) atoms. The fraction of sp³-hybridized carbons (Fsp3) is 0.211. The molecule has 3 heteroatoms. The van der Waals surface area contributed by atoms with E-state index in [1.807, 2.05) is 25.1 Å². The maximum atomic E-state index is 12.0. The van der Waals surface area contributed by atoms with Crippen LogP contribution >= 0.6 is 11.6 Å². The van der Waals surface area contributed by atoms with Gasteiger partial charge in [0.05, 0.1) is 6.04 Å². The summed E-state index contributed by atoms with van der Waals surface area (Å²) in [6.45, 7) is 6.11. The van der Waals surface area contributed by atoms with Gasteiger partial charge in [0.25, 0.3) is 0 Å². The maximum absolute atomic E-state index is 12.0. The second kappa shape index (κ2) is 7.28. The molecule has 0 bridgehead atoms. The third-order valence-corrected chi connectivity index (χ3v) is 3.91. The molecular weight excluding hydrogens is 294 g/mol. The van der Waals surface area contributed by atoms with Crippen molar-refractivity contribution in [3.8, 4) is 0 Å². The zero-order valence-electron chi connectivity index (χ0n) is 13.1. The number of carbonyl (C=O) groups excluding carboxylic acids is 1. The Kier molecular flexibility index (Phi) is 5.40. The molecule has 0 aliphatic rings. The summed E-state index contributed by atoms with van der Waals surface area (Å²) in [4.78, 5) is 12.0. The Labute approximate surface area is 136 Å². The Bertz CT molecular complexity index is 706. The van der Waals surface area contributed by atoms with Crippen molar-refractivity contribution in [2.24, 2.45) is 0 Å². The topological polar surface area (TPSA) is 29.1 Å². The molecule has 0 aliphatic heterocycles. The van der Waals surface area contributed by atoms with Crippen LogP contribution in [0.2, 0.25) is 5.02 Å². The van der Waals surface area contributed by atoms with Gasteiger partial charge in [0.15, 0.2) is 0 Å². The first-order chi connectivity index (χ1) is 10.5. The summed E-state index contributed by atoms with van der Waals surface area (Å²) in [5.41, 5.74) is 4.37. The van der Waals surface area contributed by atoms with Gasteiger partial charge >= 0.3 is 0 Å². The number of hydrogen-bond donors (Lipinski definition) is 1. The number of carbonyl (C=O) groups is 1. The third kappa shape index (κ3) is 4.22. The van der Waals surface area contributed by atoms with Gasteiger partial charge in [0, 0.05) is 11.1 Å². The molecule has 0 heterocycles. The number of rotatable bonds is 4. The van der Waals surface area contributed by atoms with Crippen molar-refractivity contribution in [1.82, 2.24) is 5.32 Å². The predicted octanol–water partition coefficient (Wildman–Crippen LogP) is 4.85. The van der Waals surface area contributed by atoms with E-state index >= 15 is 0 Å². The summed E-state index contributed by atoms with van der Waals surface area (Å²) in [6, 6.07) is 13.6. The molecule has 0 saturated carbocycles. The number of amides is 1. The second-order valence-corrected chi connectivity index (χ2v) is 5.85. The lowest BCUT2D eigenvalue weighted by atomic mass is 10.0. The fourth-order valence-corrected chi connectivity index (χ4v) is 2.63. The van der Waals surface area contributed by atoms with Crippen LogP contribution in [0.15, 0.2) is 48.5 Å². The van der Waals surface area contributed by atoms with Crippen molar-refractivity contribution in [2.45, 2.75) is 26.8 Å². The molecule has 0 fully saturated rings. The van der Waals surface area contributed by atoms with Gasteiger partial charge in [-0.25, -0.2) is 0 Å². The molecule has 0 unspecified atom stereocenters. The molecule has 1 N–H and O–H groups in total. The average molecular weight is 314 g/mol. The van der Waals surface area contributed by atoms with Gasteiger partial charge in [0.1, 0.15) is 0 Å². The predicted molar refractivity (Wildman–Crippen MR) is 93.0 cm³/mol. The van der Waals surface area contributed by atoms with Crippen molar-refractivity contribution in [1.29, 1.82) is 0 Å². The highest BCUT2D eigenvalue weighted by atomic mass is 35.5. The van der Waals surface area contributed by atoms with E-state index in [1.165, 1.54) is 17.2 Å². The largest absolute Gasteiger partial charge is 0.346 e. The van der Waals surface area contributed by atoms with Crippen LogP contribution in [0.4, 0.5) is 0 Å². The first kappa shape index (κ1) is 16.3. The Hall–Kier alpha value is -2.06. The Morgan fingerprint density at radius 1 is 1.18 bits per heavy atom. The first-order valence-electron chi connectivity index (χ1n) is 7.27. The summed E-state index contributed by atoms with van der Waals surface area (Å²) < 4.78 is 0. The summed E-state index contributed by atoms with van der Waals surface area (Å²) in [6.07, 6.45) is 3.24. The quantitative estimate of drug-likeness (QED) is 0.803. The molecular formula is C19H20ClNO. The Morgan fingerprint density at radius 3 is 2.59 bits per heavy atom. The Morgan fingerprint density at radius 2 is 1.91 bits per heavy atom. The average Bonchev–Trinajstić information content (AvgIpc) is 2.46. The number of aryl methyl sites for hydroxylation is 2. The molecule has 114 valence electrons. The van der Waals surface area contributed by atoms with Crippen molar-refractivity contribution in [3.63, 3.8) is 0 Å². The molecule has 2 aromatic rings. The van der Waals surface area contributed by atoms with Gasteiger partial charge in [-0.2, -0.15) is 0 Å². The minimum absolute atomic E-state index is 0.0380. The van der Waals surface area contributed by atoms with E-state index in [4.69, 9.17) is 11.6 Å². The highest BCUT2D eigenvalue weighted by Gasteiger charge is 2.10. The molecule has 2 nitrogen and oxygen atoms in total. The zero-order chi connectivity index (χ0) is 16.1. The van der Waals surface area contributed by atoms with E-state index in [1.54, 1.807) is 12.1 Å². The van der Waals surface area contributed by atoms with Crippen LogP contribution in [0.1, 0.15) is 35.2 Å². The smallest absolute Gasteiger partial charge is 0.244 e. The van der Waals surface area contributed by atoms with Crippen LogP contribution in [0.3, 0.4) is 0 Å². The van der Waals surface area contributed by atoms with Gasteiger partial charge in [-0.1, -0.05) is 53.6 Å². The molecule has 2 rings (SSSR count). The van der Waals surface area contributed by atoms with E-state index in [-0.39, 0.29) is 11.9 Å². The standard InChI is InChI=1S/C19H20ClNO/c1-13-8-10-17(14(2)12-13)15(3)21-19(22)11-9-16-6-4-5-7-18(16)20/h4-12,15H,1-3H3,(H,21,22)/b11-9+/t15-/m1/s1. The van der Waals surface area contributed by atoms with E-state index in [0.717, 1.165) is 11.1 Å². The number of nitrogens with one attached hydrogen (secondary N) is 1. The Balaban J connectivity index is 2.04. The van der Waals surface area contributed by atoms with Crippen LogP contribution < -0.4 is 5.32 Å². The van der Waals surface area contributed by atoms with Gasteiger partial charge in [-0.3, -0.25) is 4.79 Å². The van der Waals surface area contributed by atoms with Gasteiger partial charge in [-0.15, -0.1) is 0 Å². The SMILES string of the molecule is Cc1ccc([C@@H](C)NC(=O)/C=C/c2ccccc2Cl)c(C)c1. The first-order valence-corrected chi connectivity index (χ1v) is 7.65. The van der Waals surface area contributed by atoms with Crippen molar-refractivity contribution in [3.05, 3.63) is 75.8 Å². The molecule has 1 atom stereocenters. The third-order valence-electron chi connectivity index (χ3n) is 3.57. The van der Waals surface area contributed by atoms with Crippen LogP contribution in [-0.4, -0.2) is 5.91 Å². The summed E-state index contributed by atoms with van der Waals surface area (Å²) in [5, 5.41) is 3.61. The highest BCUT2D eigenvalue weighted by molar-refractivity contribution is 6.32.